The molecule has 1 aromatic heterocycles. The van der Waals surface area contributed by atoms with Crippen LogP contribution in [-0.2, 0) is 4.79 Å². The Hall–Kier alpha value is -2.95. The first-order valence-electron chi connectivity index (χ1n) is 13.0. The number of para-hydroxylation sites is 2. The van der Waals surface area contributed by atoms with Crippen LogP contribution in [0.1, 0.15) is 85.5 Å². The van der Waals surface area contributed by atoms with Crippen molar-refractivity contribution in [2.24, 2.45) is 11.3 Å². The lowest BCUT2D eigenvalue weighted by Gasteiger charge is -2.32. The van der Waals surface area contributed by atoms with Crippen LogP contribution in [-0.4, -0.2) is 26.9 Å². The summed E-state index contributed by atoms with van der Waals surface area (Å²) in [5.74, 6) is 1.02. The van der Waals surface area contributed by atoms with Gasteiger partial charge in [0.15, 0.2) is 0 Å². The first kappa shape index (κ1) is 26.7. The number of aromatic nitrogens is 2. The van der Waals surface area contributed by atoms with Gasteiger partial charge in [0, 0.05) is 13.0 Å². The Kier molecular flexibility index (Phi) is 8.87. The summed E-state index contributed by atoms with van der Waals surface area (Å²) in [6, 6.07) is 16.7. The van der Waals surface area contributed by atoms with E-state index in [1.54, 1.807) is 4.57 Å². The van der Waals surface area contributed by atoms with Crippen LogP contribution < -0.4 is 5.56 Å². The van der Waals surface area contributed by atoms with Crippen LogP contribution in [0.15, 0.2) is 59.4 Å². The van der Waals surface area contributed by atoms with Crippen LogP contribution >= 0.6 is 0 Å². The molecule has 188 valence electrons. The molecule has 0 radical (unpaired) electrons. The Morgan fingerprint density at radius 1 is 1.00 bits per heavy atom. The summed E-state index contributed by atoms with van der Waals surface area (Å²) in [5, 5.41) is 0.579. The molecule has 5 heteroatoms. The van der Waals surface area contributed by atoms with E-state index in [-0.39, 0.29) is 28.8 Å². The molecule has 0 saturated carbocycles. The molecule has 35 heavy (non-hydrogen) atoms. The molecule has 0 saturated heterocycles. The van der Waals surface area contributed by atoms with E-state index in [1.807, 2.05) is 66.4 Å². The predicted molar refractivity (Wildman–Crippen MR) is 145 cm³/mol. The lowest BCUT2D eigenvalue weighted by atomic mass is 9.84. The topological polar surface area (TPSA) is 55.2 Å². The van der Waals surface area contributed by atoms with E-state index in [1.165, 1.54) is 0 Å². The summed E-state index contributed by atoms with van der Waals surface area (Å²) in [6.45, 7) is 13.6. The first-order valence-corrected chi connectivity index (χ1v) is 13.0. The van der Waals surface area contributed by atoms with Gasteiger partial charge in [0.2, 0.25) is 5.91 Å². The Morgan fingerprint density at radius 2 is 1.66 bits per heavy atom. The highest BCUT2D eigenvalue weighted by atomic mass is 16.2. The minimum absolute atomic E-state index is 0.106. The van der Waals surface area contributed by atoms with Crippen molar-refractivity contribution in [3.8, 4) is 5.69 Å². The standard InChI is InChI=1S/C30H41N3O2/c1-7-8-14-19-32(27(34)20-22(2)21-30(4,5)6)23(3)28-31-26-18-13-12-17-25(26)29(35)33(28)24-15-10-9-11-16-24/h9-13,15-18,22-23H,7-8,14,19-21H2,1-6H3. The summed E-state index contributed by atoms with van der Waals surface area (Å²) in [7, 11) is 0. The van der Waals surface area contributed by atoms with Crippen LogP contribution in [0.25, 0.3) is 16.6 Å². The van der Waals surface area contributed by atoms with Gasteiger partial charge in [0.05, 0.1) is 22.6 Å². The van der Waals surface area contributed by atoms with E-state index in [9.17, 15) is 9.59 Å². The zero-order valence-electron chi connectivity index (χ0n) is 22.3. The number of fused-ring (bicyclic) bond motifs is 1. The SMILES string of the molecule is CCCCCN(C(=O)CC(C)CC(C)(C)C)C(C)c1nc2ccccc2c(=O)n1-c1ccccc1. The fourth-order valence-electron chi connectivity index (χ4n) is 5.00. The van der Waals surface area contributed by atoms with Gasteiger partial charge in [-0.25, -0.2) is 4.98 Å². The van der Waals surface area contributed by atoms with E-state index in [4.69, 9.17) is 4.98 Å². The Bertz CT molecular complexity index is 1180. The highest BCUT2D eigenvalue weighted by Crippen LogP contribution is 2.29. The number of unbranched alkanes of at least 4 members (excludes halogenated alkanes) is 2. The van der Waals surface area contributed by atoms with Crippen molar-refractivity contribution in [3.05, 3.63) is 70.8 Å². The number of carbonyl (C=O) groups excluding carboxylic acids is 1. The van der Waals surface area contributed by atoms with Gasteiger partial charge in [-0.1, -0.05) is 77.8 Å². The van der Waals surface area contributed by atoms with Crippen molar-refractivity contribution in [1.82, 2.24) is 14.5 Å². The maximum absolute atomic E-state index is 13.7. The van der Waals surface area contributed by atoms with E-state index >= 15 is 0 Å². The third kappa shape index (κ3) is 6.81. The quantitative estimate of drug-likeness (QED) is 0.299. The van der Waals surface area contributed by atoms with Gasteiger partial charge in [0.25, 0.3) is 5.56 Å². The highest BCUT2D eigenvalue weighted by molar-refractivity contribution is 5.79. The third-order valence-electron chi connectivity index (χ3n) is 6.46. The number of carbonyl (C=O) groups is 1. The van der Waals surface area contributed by atoms with Crippen LogP contribution in [0.4, 0.5) is 0 Å². The zero-order chi connectivity index (χ0) is 25.6. The molecule has 2 aromatic carbocycles. The van der Waals surface area contributed by atoms with Crippen LogP contribution in [0.5, 0.6) is 0 Å². The molecule has 0 N–H and O–H groups in total. The third-order valence-corrected chi connectivity index (χ3v) is 6.46. The minimum Gasteiger partial charge on any atom is -0.333 e. The minimum atomic E-state index is -0.335. The van der Waals surface area contributed by atoms with Crippen LogP contribution in [0.2, 0.25) is 0 Å². The van der Waals surface area contributed by atoms with E-state index in [0.29, 0.717) is 29.7 Å². The van der Waals surface area contributed by atoms with Crippen molar-refractivity contribution in [2.45, 2.75) is 79.7 Å². The summed E-state index contributed by atoms with van der Waals surface area (Å²) < 4.78 is 1.69. The fourth-order valence-corrected chi connectivity index (χ4v) is 5.00. The maximum Gasteiger partial charge on any atom is 0.266 e. The van der Waals surface area contributed by atoms with Crippen LogP contribution in [0, 0.1) is 11.3 Å². The molecular formula is C30H41N3O2. The largest absolute Gasteiger partial charge is 0.333 e. The average molecular weight is 476 g/mol. The fraction of sp³-hybridized carbons (Fsp3) is 0.500. The number of nitrogens with zero attached hydrogens (tertiary/aromatic N) is 3. The average Bonchev–Trinajstić information content (AvgIpc) is 2.80. The van der Waals surface area contributed by atoms with E-state index in [0.717, 1.165) is 31.4 Å². The predicted octanol–water partition coefficient (Wildman–Crippen LogP) is 6.93. The van der Waals surface area contributed by atoms with Gasteiger partial charge in [0.1, 0.15) is 5.82 Å². The molecule has 5 nitrogen and oxygen atoms in total. The molecule has 1 amide bonds. The molecule has 0 spiro atoms. The van der Waals surface area contributed by atoms with Gasteiger partial charge < -0.3 is 4.90 Å². The molecule has 0 aliphatic carbocycles. The van der Waals surface area contributed by atoms with Crippen molar-refractivity contribution in [1.29, 1.82) is 0 Å². The molecular weight excluding hydrogens is 434 g/mol. The monoisotopic (exact) mass is 475 g/mol. The second kappa shape index (κ2) is 11.7. The number of rotatable bonds is 10. The van der Waals surface area contributed by atoms with Gasteiger partial charge in [-0.15, -0.1) is 0 Å². The first-order chi connectivity index (χ1) is 16.6. The Morgan fingerprint density at radius 3 is 2.31 bits per heavy atom. The number of hydrogen-bond donors (Lipinski definition) is 0. The Balaban J connectivity index is 2.06. The van der Waals surface area contributed by atoms with Crippen molar-refractivity contribution < 1.29 is 4.79 Å². The molecule has 0 fully saturated rings. The summed E-state index contributed by atoms with van der Waals surface area (Å²) in [5.41, 5.74) is 1.49. The molecule has 1 heterocycles. The lowest BCUT2D eigenvalue weighted by molar-refractivity contribution is -0.134. The lowest BCUT2D eigenvalue weighted by Crippen LogP contribution is -2.39. The number of amides is 1. The second-order valence-corrected chi connectivity index (χ2v) is 11.0. The molecule has 3 rings (SSSR count). The second-order valence-electron chi connectivity index (χ2n) is 11.0. The number of benzene rings is 2. The maximum atomic E-state index is 13.7. The Labute approximate surface area is 210 Å². The normalized spacial score (nSPS) is 13.5. The van der Waals surface area contributed by atoms with E-state index in [2.05, 4.69) is 34.6 Å². The smallest absolute Gasteiger partial charge is 0.266 e. The summed E-state index contributed by atoms with van der Waals surface area (Å²) in [6.07, 6.45) is 4.56. The van der Waals surface area contributed by atoms with Crippen LogP contribution in [0.3, 0.4) is 0 Å². The number of hydrogen-bond acceptors (Lipinski definition) is 3. The summed E-state index contributed by atoms with van der Waals surface area (Å²) in [4.78, 5) is 34.2. The van der Waals surface area contributed by atoms with Gasteiger partial charge in [-0.2, -0.15) is 0 Å². The molecule has 2 unspecified atom stereocenters. The zero-order valence-corrected chi connectivity index (χ0v) is 22.3. The molecule has 0 aliphatic heterocycles. The van der Waals surface area contributed by atoms with Gasteiger partial charge in [-0.3, -0.25) is 14.2 Å². The molecule has 2 atom stereocenters. The van der Waals surface area contributed by atoms with Gasteiger partial charge in [-0.05, 0) is 55.4 Å². The van der Waals surface area contributed by atoms with E-state index < -0.39 is 0 Å². The van der Waals surface area contributed by atoms with Crippen molar-refractivity contribution in [3.63, 3.8) is 0 Å². The van der Waals surface area contributed by atoms with Crippen molar-refractivity contribution >= 4 is 16.8 Å². The molecule has 0 aliphatic rings. The molecule has 3 aromatic rings. The summed E-state index contributed by atoms with van der Waals surface area (Å²) >= 11 is 0. The van der Waals surface area contributed by atoms with Crippen molar-refractivity contribution in [2.75, 3.05) is 6.54 Å². The molecule has 0 bridgehead atoms. The van der Waals surface area contributed by atoms with Gasteiger partial charge >= 0.3 is 0 Å². The highest BCUT2D eigenvalue weighted by Gasteiger charge is 2.28.